The zero-order valence-electron chi connectivity index (χ0n) is 10.4. The van der Waals surface area contributed by atoms with Crippen molar-refractivity contribution in [3.63, 3.8) is 0 Å². The van der Waals surface area contributed by atoms with Crippen molar-refractivity contribution in [3.8, 4) is 0 Å². The summed E-state index contributed by atoms with van der Waals surface area (Å²) in [5.41, 5.74) is 0.413. The third-order valence-electron chi connectivity index (χ3n) is 3.32. The van der Waals surface area contributed by atoms with Gasteiger partial charge in [-0.3, -0.25) is 0 Å². The molecule has 4 nitrogen and oxygen atoms in total. The Kier molecular flexibility index (Phi) is 2.81. The normalized spacial score (nSPS) is 17.6. The van der Waals surface area contributed by atoms with Crippen LogP contribution in [0.15, 0.2) is 35.2 Å². The molecule has 100 valence electrons. The van der Waals surface area contributed by atoms with Crippen LogP contribution in [0.1, 0.15) is 19.8 Å². The fourth-order valence-corrected chi connectivity index (χ4v) is 3.57. The SMILES string of the molecule is CC1(NS(=O)(=O)c2ccc3nc(Cl)ccc3c2)CC1. The highest BCUT2D eigenvalue weighted by atomic mass is 35.5. The van der Waals surface area contributed by atoms with Gasteiger partial charge in [-0.2, -0.15) is 0 Å². The van der Waals surface area contributed by atoms with Crippen molar-refractivity contribution in [1.82, 2.24) is 9.71 Å². The van der Waals surface area contributed by atoms with Crippen LogP contribution in [-0.2, 0) is 10.0 Å². The molecule has 1 N–H and O–H groups in total. The van der Waals surface area contributed by atoms with Crippen LogP contribution >= 0.6 is 11.6 Å². The topological polar surface area (TPSA) is 59.1 Å². The first-order valence-corrected chi connectivity index (χ1v) is 7.84. The Morgan fingerprint density at radius 1 is 1.26 bits per heavy atom. The van der Waals surface area contributed by atoms with Crippen LogP contribution < -0.4 is 4.72 Å². The predicted molar refractivity (Wildman–Crippen MR) is 74.7 cm³/mol. The minimum Gasteiger partial charge on any atom is -0.236 e. The molecule has 0 radical (unpaired) electrons. The summed E-state index contributed by atoms with van der Waals surface area (Å²) in [6.07, 6.45) is 1.77. The van der Waals surface area contributed by atoms with E-state index in [1.807, 2.05) is 6.92 Å². The first kappa shape index (κ1) is 12.8. The maximum absolute atomic E-state index is 12.2. The minimum absolute atomic E-state index is 0.261. The molecular formula is C13H13ClN2O2S. The number of fused-ring (bicyclic) bond motifs is 1. The van der Waals surface area contributed by atoms with Crippen LogP contribution in [0, 0.1) is 0 Å². The van der Waals surface area contributed by atoms with E-state index in [0.717, 1.165) is 18.2 Å². The van der Waals surface area contributed by atoms with Crippen LogP contribution in [0.4, 0.5) is 0 Å². The lowest BCUT2D eigenvalue weighted by Gasteiger charge is -2.12. The molecule has 0 saturated heterocycles. The molecule has 0 atom stereocenters. The number of nitrogens with one attached hydrogen (secondary N) is 1. The molecule has 3 rings (SSSR count). The highest BCUT2D eigenvalue weighted by molar-refractivity contribution is 7.89. The number of aromatic nitrogens is 1. The van der Waals surface area contributed by atoms with Gasteiger partial charge in [0.25, 0.3) is 0 Å². The van der Waals surface area contributed by atoms with Gasteiger partial charge in [0.05, 0.1) is 10.4 Å². The van der Waals surface area contributed by atoms with Crippen molar-refractivity contribution in [3.05, 3.63) is 35.5 Å². The number of pyridine rings is 1. The fourth-order valence-electron chi connectivity index (χ4n) is 1.92. The van der Waals surface area contributed by atoms with Crippen LogP contribution in [0.3, 0.4) is 0 Å². The largest absolute Gasteiger partial charge is 0.241 e. The summed E-state index contributed by atoms with van der Waals surface area (Å²) in [4.78, 5) is 4.40. The van der Waals surface area contributed by atoms with E-state index in [9.17, 15) is 8.42 Å². The summed E-state index contributed by atoms with van der Waals surface area (Å²) in [5.74, 6) is 0. The number of halogens is 1. The van der Waals surface area contributed by atoms with Crippen LogP contribution in [0.5, 0.6) is 0 Å². The minimum atomic E-state index is -3.47. The van der Waals surface area contributed by atoms with E-state index in [4.69, 9.17) is 11.6 Å². The Hall–Kier alpha value is -1.17. The molecule has 19 heavy (non-hydrogen) atoms. The summed E-state index contributed by atoms with van der Waals surface area (Å²) >= 11 is 5.80. The van der Waals surface area contributed by atoms with E-state index >= 15 is 0 Å². The number of benzene rings is 1. The zero-order chi connectivity index (χ0) is 13.7. The number of hydrogen-bond donors (Lipinski definition) is 1. The van der Waals surface area contributed by atoms with E-state index < -0.39 is 10.0 Å². The van der Waals surface area contributed by atoms with Crippen LogP contribution in [0.2, 0.25) is 5.15 Å². The molecule has 6 heteroatoms. The smallest absolute Gasteiger partial charge is 0.236 e. The van der Waals surface area contributed by atoms with Crippen LogP contribution in [0.25, 0.3) is 10.9 Å². The van der Waals surface area contributed by atoms with E-state index in [2.05, 4.69) is 9.71 Å². The molecule has 0 aliphatic heterocycles. The Balaban J connectivity index is 2.03. The molecule has 1 aliphatic carbocycles. The van der Waals surface area contributed by atoms with Gasteiger partial charge in [-0.1, -0.05) is 11.6 Å². The van der Waals surface area contributed by atoms with E-state index in [1.54, 1.807) is 30.3 Å². The van der Waals surface area contributed by atoms with Crippen LogP contribution in [-0.4, -0.2) is 18.9 Å². The van der Waals surface area contributed by atoms with Crippen molar-refractivity contribution in [2.24, 2.45) is 0 Å². The molecular weight excluding hydrogens is 284 g/mol. The lowest BCUT2D eigenvalue weighted by molar-refractivity contribution is 0.558. The molecule has 1 aromatic carbocycles. The lowest BCUT2D eigenvalue weighted by atomic mass is 10.2. The second-order valence-electron chi connectivity index (χ2n) is 5.15. The Morgan fingerprint density at radius 3 is 2.68 bits per heavy atom. The van der Waals surface area contributed by atoms with Gasteiger partial charge in [0.1, 0.15) is 5.15 Å². The number of sulfonamides is 1. The molecule has 1 heterocycles. The standard InChI is InChI=1S/C13H13ClN2O2S/c1-13(6-7-13)16-19(17,18)10-3-4-11-9(8-10)2-5-12(14)15-11/h2-5,8,16H,6-7H2,1H3. The summed E-state index contributed by atoms with van der Waals surface area (Å²) < 4.78 is 27.2. The molecule has 2 aromatic rings. The molecule has 1 saturated carbocycles. The van der Waals surface area contributed by atoms with Gasteiger partial charge in [-0.15, -0.1) is 0 Å². The fraction of sp³-hybridized carbons (Fsp3) is 0.308. The lowest BCUT2D eigenvalue weighted by Crippen LogP contribution is -2.34. The van der Waals surface area contributed by atoms with Gasteiger partial charge >= 0.3 is 0 Å². The maximum atomic E-state index is 12.2. The first-order valence-electron chi connectivity index (χ1n) is 5.98. The Bertz CT molecular complexity index is 754. The maximum Gasteiger partial charge on any atom is 0.241 e. The molecule has 0 amide bonds. The van der Waals surface area contributed by atoms with Gasteiger partial charge in [0, 0.05) is 10.9 Å². The number of hydrogen-bond acceptors (Lipinski definition) is 3. The monoisotopic (exact) mass is 296 g/mol. The molecule has 0 unspecified atom stereocenters. The Morgan fingerprint density at radius 2 is 2.00 bits per heavy atom. The van der Waals surface area contributed by atoms with Gasteiger partial charge in [-0.05, 0) is 50.1 Å². The predicted octanol–water partition coefficient (Wildman–Crippen LogP) is 2.72. The van der Waals surface area contributed by atoms with E-state index in [0.29, 0.717) is 10.7 Å². The van der Waals surface area contributed by atoms with Gasteiger partial charge in [-0.25, -0.2) is 18.1 Å². The second-order valence-corrected chi connectivity index (χ2v) is 7.22. The molecule has 1 fully saturated rings. The Labute approximate surface area is 116 Å². The highest BCUT2D eigenvalue weighted by Crippen LogP contribution is 2.36. The quantitative estimate of drug-likeness (QED) is 0.886. The van der Waals surface area contributed by atoms with Crippen molar-refractivity contribution >= 4 is 32.5 Å². The average Bonchev–Trinajstić information content (AvgIpc) is 3.05. The van der Waals surface area contributed by atoms with Crippen molar-refractivity contribution < 1.29 is 8.42 Å². The molecule has 0 spiro atoms. The first-order chi connectivity index (χ1) is 8.88. The second kappa shape index (κ2) is 4.16. The summed E-state index contributed by atoms with van der Waals surface area (Å²) in [5, 5.41) is 1.15. The third-order valence-corrected chi connectivity index (χ3v) is 5.16. The average molecular weight is 297 g/mol. The van der Waals surface area contributed by atoms with Gasteiger partial charge < -0.3 is 0 Å². The van der Waals surface area contributed by atoms with Gasteiger partial charge in [0.15, 0.2) is 0 Å². The number of nitrogens with zero attached hydrogens (tertiary/aromatic N) is 1. The summed E-state index contributed by atoms with van der Waals surface area (Å²) in [6.45, 7) is 1.91. The van der Waals surface area contributed by atoms with Crippen molar-refractivity contribution in [1.29, 1.82) is 0 Å². The summed E-state index contributed by atoms with van der Waals surface area (Å²) in [6, 6.07) is 8.26. The molecule has 0 bridgehead atoms. The van der Waals surface area contributed by atoms with Crippen molar-refractivity contribution in [2.75, 3.05) is 0 Å². The zero-order valence-corrected chi connectivity index (χ0v) is 11.9. The number of rotatable bonds is 3. The van der Waals surface area contributed by atoms with E-state index in [1.165, 1.54) is 0 Å². The molecule has 1 aromatic heterocycles. The van der Waals surface area contributed by atoms with Gasteiger partial charge in [0.2, 0.25) is 10.0 Å². The van der Waals surface area contributed by atoms with Crippen molar-refractivity contribution in [2.45, 2.75) is 30.2 Å². The third kappa shape index (κ3) is 2.59. The summed E-state index contributed by atoms with van der Waals surface area (Å²) in [7, 11) is -3.47. The van der Waals surface area contributed by atoms with E-state index in [-0.39, 0.29) is 10.4 Å². The highest BCUT2D eigenvalue weighted by Gasteiger charge is 2.41. The molecule has 1 aliphatic rings.